The van der Waals surface area contributed by atoms with E-state index in [-0.39, 0.29) is 17.9 Å². The molecule has 6 heteroatoms. The number of halogens is 1. The van der Waals surface area contributed by atoms with Crippen LogP contribution in [0.15, 0.2) is 42.5 Å². The molecular weight excluding hydrogens is 364 g/mol. The van der Waals surface area contributed by atoms with Crippen LogP contribution in [0.4, 0.5) is 0 Å². The van der Waals surface area contributed by atoms with Gasteiger partial charge in [0, 0.05) is 29.7 Å². The van der Waals surface area contributed by atoms with E-state index in [0.29, 0.717) is 47.8 Å². The molecule has 1 aliphatic heterocycles. The van der Waals surface area contributed by atoms with Crippen molar-refractivity contribution >= 4 is 23.4 Å². The lowest BCUT2D eigenvalue weighted by molar-refractivity contribution is 0.0695. The number of carbonyl (C=O) groups is 2. The van der Waals surface area contributed by atoms with E-state index < -0.39 is 0 Å². The number of nitrogens with one attached hydrogen (secondary N) is 1. The summed E-state index contributed by atoms with van der Waals surface area (Å²) in [6.07, 6.45) is 1.43. The predicted octanol–water partition coefficient (Wildman–Crippen LogP) is 3.69. The van der Waals surface area contributed by atoms with Crippen molar-refractivity contribution in [1.29, 1.82) is 0 Å². The second-order valence-corrected chi connectivity index (χ2v) is 7.19. The van der Waals surface area contributed by atoms with Crippen LogP contribution in [0.25, 0.3) is 0 Å². The van der Waals surface area contributed by atoms with E-state index in [0.717, 1.165) is 5.56 Å². The summed E-state index contributed by atoms with van der Waals surface area (Å²) in [6, 6.07) is 12.6. The number of aryl methyl sites for hydroxylation is 1. The maximum Gasteiger partial charge on any atom is 0.257 e. The highest BCUT2D eigenvalue weighted by Gasteiger charge is 2.26. The van der Waals surface area contributed by atoms with Crippen LogP contribution in [-0.2, 0) is 0 Å². The maximum absolute atomic E-state index is 12.8. The molecule has 5 nitrogen and oxygen atoms in total. The van der Waals surface area contributed by atoms with Gasteiger partial charge in [0.25, 0.3) is 11.8 Å². The third-order valence-electron chi connectivity index (χ3n) is 4.82. The summed E-state index contributed by atoms with van der Waals surface area (Å²) in [7, 11) is 1.53. The number of hydrogen-bond acceptors (Lipinski definition) is 3. The van der Waals surface area contributed by atoms with Gasteiger partial charge in [-0.25, -0.2) is 0 Å². The fraction of sp³-hybridized carbons (Fsp3) is 0.333. The molecule has 0 unspecified atom stereocenters. The zero-order valence-corrected chi connectivity index (χ0v) is 16.3. The second-order valence-electron chi connectivity index (χ2n) is 6.75. The number of benzene rings is 2. The van der Waals surface area contributed by atoms with Gasteiger partial charge < -0.3 is 15.0 Å². The van der Waals surface area contributed by atoms with E-state index in [1.165, 1.54) is 7.11 Å². The Bertz CT molecular complexity index is 828. The summed E-state index contributed by atoms with van der Waals surface area (Å²) in [5.41, 5.74) is 2.24. The third-order valence-corrected chi connectivity index (χ3v) is 5.06. The van der Waals surface area contributed by atoms with Crippen LogP contribution < -0.4 is 10.1 Å². The summed E-state index contributed by atoms with van der Waals surface area (Å²) < 4.78 is 5.28. The Morgan fingerprint density at radius 3 is 2.41 bits per heavy atom. The molecule has 0 aliphatic carbocycles. The number of nitrogens with zero attached hydrogens (tertiary/aromatic N) is 1. The Labute approximate surface area is 164 Å². The van der Waals surface area contributed by atoms with Gasteiger partial charge in [-0.2, -0.15) is 0 Å². The first-order valence-corrected chi connectivity index (χ1v) is 9.36. The van der Waals surface area contributed by atoms with E-state index in [1.54, 1.807) is 23.1 Å². The minimum atomic E-state index is -0.0994. The van der Waals surface area contributed by atoms with E-state index >= 15 is 0 Å². The van der Waals surface area contributed by atoms with Gasteiger partial charge in [-0.1, -0.05) is 29.3 Å². The first-order chi connectivity index (χ1) is 13.0. The van der Waals surface area contributed by atoms with Gasteiger partial charge in [0.15, 0.2) is 0 Å². The number of likely N-dealkylation sites (tertiary alicyclic amines) is 1. The summed E-state index contributed by atoms with van der Waals surface area (Å²) in [5, 5.41) is 3.56. The van der Waals surface area contributed by atoms with Gasteiger partial charge >= 0.3 is 0 Å². The molecule has 1 heterocycles. The van der Waals surface area contributed by atoms with Crippen molar-refractivity contribution in [3.8, 4) is 5.75 Å². The average molecular weight is 387 g/mol. The van der Waals surface area contributed by atoms with Gasteiger partial charge in [-0.3, -0.25) is 9.59 Å². The van der Waals surface area contributed by atoms with Crippen LogP contribution in [0, 0.1) is 6.92 Å². The number of hydrogen-bond donors (Lipinski definition) is 1. The molecule has 2 aromatic carbocycles. The molecule has 0 saturated carbocycles. The zero-order valence-electron chi connectivity index (χ0n) is 15.5. The van der Waals surface area contributed by atoms with Gasteiger partial charge in [0.05, 0.1) is 12.7 Å². The molecule has 0 spiro atoms. The summed E-state index contributed by atoms with van der Waals surface area (Å²) in [6.45, 7) is 3.14. The normalized spacial score (nSPS) is 14.7. The fourth-order valence-corrected chi connectivity index (χ4v) is 3.39. The minimum absolute atomic E-state index is 0.0594. The molecule has 0 atom stereocenters. The Morgan fingerprint density at radius 1 is 1.11 bits per heavy atom. The van der Waals surface area contributed by atoms with Crippen LogP contribution in [0.3, 0.4) is 0 Å². The molecule has 27 heavy (non-hydrogen) atoms. The van der Waals surface area contributed by atoms with Crippen molar-refractivity contribution in [3.05, 3.63) is 64.2 Å². The van der Waals surface area contributed by atoms with Gasteiger partial charge in [0.2, 0.25) is 0 Å². The fourth-order valence-electron chi connectivity index (χ4n) is 3.22. The number of amides is 2. The van der Waals surface area contributed by atoms with Crippen LogP contribution in [-0.4, -0.2) is 43.0 Å². The number of methoxy groups -OCH3 is 1. The molecule has 3 rings (SSSR count). The highest BCUT2D eigenvalue weighted by molar-refractivity contribution is 6.31. The minimum Gasteiger partial charge on any atom is -0.496 e. The van der Waals surface area contributed by atoms with Gasteiger partial charge in [-0.15, -0.1) is 0 Å². The van der Waals surface area contributed by atoms with Crippen molar-refractivity contribution in [2.45, 2.75) is 25.8 Å². The predicted molar refractivity (Wildman–Crippen MR) is 106 cm³/mol. The Morgan fingerprint density at radius 2 is 1.78 bits per heavy atom. The number of ether oxygens (including phenoxy) is 1. The standard InChI is InChI=1S/C21H23ClN2O3/c1-14-3-5-15(6-4-14)20(25)23-17-9-11-24(12-10-17)21(26)18-13-16(22)7-8-19(18)27-2/h3-8,13,17H,9-12H2,1-2H3,(H,23,25). The molecule has 1 saturated heterocycles. The zero-order chi connectivity index (χ0) is 19.4. The van der Waals surface area contributed by atoms with Crippen molar-refractivity contribution in [2.24, 2.45) is 0 Å². The van der Waals surface area contributed by atoms with Crippen molar-refractivity contribution < 1.29 is 14.3 Å². The average Bonchev–Trinajstić information content (AvgIpc) is 2.68. The molecule has 0 radical (unpaired) electrons. The Hall–Kier alpha value is -2.53. The van der Waals surface area contributed by atoms with Crippen molar-refractivity contribution in [3.63, 3.8) is 0 Å². The number of carbonyl (C=O) groups excluding carboxylic acids is 2. The molecular formula is C21H23ClN2O3. The molecule has 0 aromatic heterocycles. The first kappa shape index (κ1) is 19.2. The Kier molecular flexibility index (Phi) is 6.01. The molecule has 1 fully saturated rings. The smallest absolute Gasteiger partial charge is 0.257 e. The number of piperidine rings is 1. The SMILES string of the molecule is COc1ccc(Cl)cc1C(=O)N1CCC(NC(=O)c2ccc(C)cc2)CC1. The van der Waals surface area contributed by atoms with Gasteiger partial charge in [0.1, 0.15) is 5.75 Å². The molecule has 1 N–H and O–H groups in total. The van der Waals surface area contributed by atoms with E-state index in [9.17, 15) is 9.59 Å². The van der Waals surface area contributed by atoms with E-state index in [1.807, 2.05) is 31.2 Å². The lowest BCUT2D eigenvalue weighted by Crippen LogP contribution is -2.46. The largest absolute Gasteiger partial charge is 0.496 e. The highest BCUT2D eigenvalue weighted by Crippen LogP contribution is 2.25. The highest BCUT2D eigenvalue weighted by atomic mass is 35.5. The van der Waals surface area contributed by atoms with Gasteiger partial charge in [-0.05, 0) is 50.1 Å². The van der Waals surface area contributed by atoms with E-state index in [2.05, 4.69) is 5.32 Å². The van der Waals surface area contributed by atoms with Crippen LogP contribution in [0.5, 0.6) is 5.75 Å². The summed E-state index contributed by atoms with van der Waals surface area (Å²) in [5.74, 6) is 0.341. The molecule has 2 aromatic rings. The van der Waals surface area contributed by atoms with Crippen LogP contribution in [0.2, 0.25) is 5.02 Å². The number of rotatable bonds is 4. The second kappa shape index (κ2) is 8.44. The first-order valence-electron chi connectivity index (χ1n) is 8.98. The van der Waals surface area contributed by atoms with E-state index in [4.69, 9.17) is 16.3 Å². The maximum atomic E-state index is 12.8. The lowest BCUT2D eigenvalue weighted by atomic mass is 10.0. The Balaban J connectivity index is 1.58. The third kappa shape index (κ3) is 4.61. The molecule has 142 valence electrons. The lowest BCUT2D eigenvalue weighted by Gasteiger charge is -2.32. The summed E-state index contributed by atoms with van der Waals surface area (Å²) >= 11 is 6.03. The molecule has 0 bridgehead atoms. The quantitative estimate of drug-likeness (QED) is 0.871. The van der Waals surface area contributed by atoms with Crippen LogP contribution in [0.1, 0.15) is 39.1 Å². The molecule has 2 amide bonds. The topological polar surface area (TPSA) is 58.6 Å². The van der Waals surface area contributed by atoms with Crippen molar-refractivity contribution in [1.82, 2.24) is 10.2 Å². The monoisotopic (exact) mass is 386 g/mol. The van der Waals surface area contributed by atoms with Crippen molar-refractivity contribution in [2.75, 3.05) is 20.2 Å². The molecule has 1 aliphatic rings. The summed E-state index contributed by atoms with van der Waals surface area (Å²) in [4.78, 5) is 27.0. The van der Waals surface area contributed by atoms with Crippen LogP contribution >= 0.6 is 11.6 Å².